The molecule has 0 saturated carbocycles. The Labute approximate surface area is 126 Å². The van der Waals surface area contributed by atoms with Crippen LogP contribution in [0, 0.1) is 5.92 Å². The molecule has 1 saturated heterocycles. The van der Waals surface area contributed by atoms with Crippen LogP contribution in [0.25, 0.3) is 0 Å². The van der Waals surface area contributed by atoms with Crippen molar-refractivity contribution in [1.29, 1.82) is 0 Å². The fourth-order valence-electron chi connectivity index (χ4n) is 2.72. The summed E-state index contributed by atoms with van der Waals surface area (Å²) < 4.78 is 23.4. The molecule has 1 fully saturated rings. The molecule has 0 bridgehead atoms. The highest BCUT2D eigenvalue weighted by atomic mass is 35.5. The van der Waals surface area contributed by atoms with Gasteiger partial charge in [0.15, 0.2) is 9.84 Å². The van der Waals surface area contributed by atoms with Crippen LogP contribution < -0.4 is 0 Å². The van der Waals surface area contributed by atoms with Gasteiger partial charge in [-0.15, -0.1) is 0 Å². The highest BCUT2D eigenvalue weighted by molar-refractivity contribution is 7.91. The second kappa shape index (κ2) is 6.46. The lowest BCUT2D eigenvalue weighted by atomic mass is 10.1. The third kappa shape index (κ3) is 4.21. The van der Waals surface area contributed by atoms with Gasteiger partial charge in [-0.05, 0) is 24.0 Å². The van der Waals surface area contributed by atoms with Crippen LogP contribution in [0.5, 0.6) is 0 Å². The maximum absolute atomic E-state index is 11.7. The molecule has 0 amide bonds. The third-order valence-corrected chi connectivity index (χ3v) is 5.77. The Hall–Kier alpha value is -0.580. The number of sulfone groups is 1. The van der Waals surface area contributed by atoms with Gasteiger partial charge in [-0.2, -0.15) is 0 Å². The minimum Gasteiger partial charge on any atom is -0.295 e. The molecule has 0 unspecified atom stereocenters. The van der Waals surface area contributed by atoms with Gasteiger partial charge in [0.25, 0.3) is 0 Å². The van der Waals surface area contributed by atoms with Crippen LogP contribution in [0.15, 0.2) is 24.3 Å². The molecule has 1 aliphatic rings. The summed E-state index contributed by atoms with van der Waals surface area (Å²) in [6.45, 7) is 5.93. The van der Waals surface area contributed by atoms with Crippen molar-refractivity contribution in [3.8, 4) is 0 Å². The zero-order valence-electron chi connectivity index (χ0n) is 12.0. The van der Waals surface area contributed by atoms with E-state index in [0.29, 0.717) is 11.7 Å². The van der Waals surface area contributed by atoms with Crippen LogP contribution in [0.3, 0.4) is 0 Å². The Morgan fingerprint density at radius 3 is 2.60 bits per heavy atom. The number of hydrogen-bond donors (Lipinski definition) is 0. The van der Waals surface area contributed by atoms with Gasteiger partial charge in [-0.3, -0.25) is 4.90 Å². The maximum Gasteiger partial charge on any atom is 0.151 e. The molecule has 0 aromatic heterocycles. The van der Waals surface area contributed by atoms with Gasteiger partial charge < -0.3 is 0 Å². The van der Waals surface area contributed by atoms with Gasteiger partial charge in [0.05, 0.1) is 11.5 Å². The first-order valence-electron chi connectivity index (χ1n) is 7.05. The SMILES string of the molecule is CC(C)CN(Cc1ccccc1Cl)[C@@H]1CCS(=O)(=O)C1. The van der Waals surface area contributed by atoms with E-state index >= 15 is 0 Å². The van der Waals surface area contributed by atoms with E-state index in [1.54, 1.807) is 0 Å². The van der Waals surface area contributed by atoms with E-state index in [9.17, 15) is 8.42 Å². The number of hydrogen-bond acceptors (Lipinski definition) is 3. The largest absolute Gasteiger partial charge is 0.295 e. The first-order chi connectivity index (χ1) is 9.37. The van der Waals surface area contributed by atoms with Gasteiger partial charge in [0.1, 0.15) is 0 Å². The lowest BCUT2D eigenvalue weighted by Crippen LogP contribution is -2.38. The normalized spacial score (nSPS) is 21.8. The molecule has 1 heterocycles. The monoisotopic (exact) mass is 315 g/mol. The first kappa shape index (κ1) is 15.8. The molecule has 5 heteroatoms. The summed E-state index contributed by atoms with van der Waals surface area (Å²) in [5.41, 5.74) is 1.07. The minimum atomic E-state index is -2.85. The van der Waals surface area contributed by atoms with Crippen molar-refractivity contribution in [2.45, 2.75) is 32.9 Å². The number of halogens is 1. The summed E-state index contributed by atoms with van der Waals surface area (Å²) in [6, 6.07) is 7.91. The van der Waals surface area contributed by atoms with Crippen molar-refractivity contribution in [3.05, 3.63) is 34.9 Å². The van der Waals surface area contributed by atoms with Gasteiger partial charge in [0, 0.05) is 24.2 Å². The second-order valence-electron chi connectivity index (χ2n) is 5.97. The van der Waals surface area contributed by atoms with Crippen molar-refractivity contribution < 1.29 is 8.42 Å². The fourth-order valence-corrected chi connectivity index (χ4v) is 4.68. The number of nitrogens with zero attached hydrogens (tertiary/aromatic N) is 1. The van der Waals surface area contributed by atoms with Crippen LogP contribution >= 0.6 is 11.6 Å². The molecule has 1 atom stereocenters. The van der Waals surface area contributed by atoms with Crippen LogP contribution in [0.2, 0.25) is 5.02 Å². The molecule has 0 spiro atoms. The predicted molar refractivity (Wildman–Crippen MR) is 83.8 cm³/mol. The Morgan fingerprint density at radius 1 is 1.35 bits per heavy atom. The molecular formula is C15H22ClNO2S. The third-order valence-electron chi connectivity index (χ3n) is 3.66. The van der Waals surface area contributed by atoms with Crippen molar-refractivity contribution >= 4 is 21.4 Å². The highest BCUT2D eigenvalue weighted by Crippen LogP contribution is 2.24. The summed E-state index contributed by atoms with van der Waals surface area (Å²) in [7, 11) is -2.85. The molecule has 3 nitrogen and oxygen atoms in total. The van der Waals surface area contributed by atoms with E-state index in [1.807, 2.05) is 24.3 Å². The first-order valence-corrected chi connectivity index (χ1v) is 9.25. The smallest absolute Gasteiger partial charge is 0.151 e. The van der Waals surface area contributed by atoms with E-state index in [1.165, 1.54) is 0 Å². The van der Waals surface area contributed by atoms with E-state index in [2.05, 4.69) is 18.7 Å². The molecule has 20 heavy (non-hydrogen) atoms. The molecular weight excluding hydrogens is 294 g/mol. The zero-order valence-corrected chi connectivity index (χ0v) is 13.6. The van der Waals surface area contributed by atoms with Crippen molar-refractivity contribution in [1.82, 2.24) is 4.90 Å². The molecule has 0 aliphatic carbocycles. The lowest BCUT2D eigenvalue weighted by Gasteiger charge is -2.30. The second-order valence-corrected chi connectivity index (χ2v) is 8.61. The molecule has 112 valence electrons. The van der Waals surface area contributed by atoms with Crippen molar-refractivity contribution in [3.63, 3.8) is 0 Å². The van der Waals surface area contributed by atoms with E-state index in [0.717, 1.165) is 30.1 Å². The summed E-state index contributed by atoms with van der Waals surface area (Å²) in [5, 5.41) is 0.752. The summed E-state index contributed by atoms with van der Waals surface area (Å²) in [4.78, 5) is 2.27. The van der Waals surface area contributed by atoms with E-state index in [4.69, 9.17) is 11.6 Å². The topological polar surface area (TPSA) is 37.4 Å². The predicted octanol–water partition coefficient (Wildman–Crippen LogP) is 2.99. The van der Waals surface area contributed by atoms with E-state index < -0.39 is 9.84 Å². The number of benzene rings is 1. The van der Waals surface area contributed by atoms with Gasteiger partial charge in [-0.25, -0.2) is 8.42 Å². The zero-order chi connectivity index (χ0) is 14.8. The van der Waals surface area contributed by atoms with E-state index in [-0.39, 0.29) is 11.8 Å². The van der Waals surface area contributed by atoms with Crippen LogP contribution in [0.1, 0.15) is 25.8 Å². The maximum atomic E-state index is 11.7. The van der Waals surface area contributed by atoms with Crippen molar-refractivity contribution in [2.24, 2.45) is 5.92 Å². The minimum absolute atomic E-state index is 0.124. The van der Waals surface area contributed by atoms with Crippen molar-refractivity contribution in [2.75, 3.05) is 18.1 Å². The Bertz CT molecular complexity index is 557. The molecule has 1 aromatic carbocycles. The highest BCUT2D eigenvalue weighted by Gasteiger charge is 2.32. The van der Waals surface area contributed by atoms with Gasteiger partial charge in [-0.1, -0.05) is 43.6 Å². The average molecular weight is 316 g/mol. The van der Waals surface area contributed by atoms with Crippen LogP contribution in [-0.4, -0.2) is 37.4 Å². The average Bonchev–Trinajstić information content (AvgIpc) is 2.71. The lowest BCUT2D eigenvalue weighted by molar-refractivity contribution is 0.181. The summed E-state index contributed by atoms with van der Waals surface area (Å²) in [6.07, 6.45) is 0.736. The van der Waals surface area contributed by atoms with Crippen LogP contribution in [0.4, 0.5) is 0 Å². The molecule has 0 radical (unpaired) electrons. The molecule has 0 N–H and O–H groups in total. The van der Waals surface area contributed by atoms with Gasteiger partial charge >= 0.3 is 0 Å². The molecule has 1 aliphatic heterocycles. The Kier molecular flexibility index (Phi) is 5.10. The van der Waals surface area contributed by atoms with Crippen LogP contribution in [-0.2, 0) is 16.4 Å². The standard InChI is InChI=1S/C15H22ClNO2S/c1-12(2)9-17(14-7-8-20(18,19)11-14)10-13-5-3-4-6-15(13)16/h3-6,12,14H,7-11H2,1-2H3/t14-/m1/s1. The molecule has 2 rings (SSSR count). The Balaban J connectivity index is 2.14. The summed E-state index contributed by atoms with van der Waals surface area (Å²) >= 11 is 6.22. The summed E-state index contributed by atoms with van der Waals surface area (Å²) in [5.74, 6) is 1.10. The van der Waals surface area contributed by atoms with Gasteiger partial charge in [0.2, 0.25) is 0 Å². The molecule has 1 aromatic rings. The fraction of sp³-hybridized carbons (Fsp3) is 0.600. The number of rotatable bonds is 5. The quantitative estimate of drug-likeness (QED) is 0.838. The Morgan fingerprint density at radius 2 is 2.05 bits per heavy atom.